The summed E-state index contributed by atoms with van der Waals surface area (Å²) in [6, 6.07) is 0. The molecule has 1 heteroatoms. The highest BCUT2D eigenvalue weighted by atomic mass is 16.3. The summed E-state index contributed by atoms with van der Waals surface area (Å²) in [5.74, 6) is 0. The van der Waals surface area contributed by atoms with Crippen molar-refractivity contribution in [2.75, 3.05) is 0 Å². The number of aliphatic hydroxyl groups excluding tert-OH is 1. The summed E-state index contributed by atoms with van der Waals surface area (Å²) in [5.41, 5.74) is 1.46. The van der Waals surface area contributed by atoms with Gasteiger partial charge in [-0.1, -0.05) is 24.1 Å². The first-order chi connectivity index (χ1) is 6.33. The minimum atomic E-state index is -0.150. The normalized spacial score (nSPS) is 21.6. The molecule has 0 aromatic heterocycles. The average molecular weight is 180 g/mol. The van der Waals surface area contributed by atoms with Gasteiger partial charge in [0.1, 0.15) is 0 Å². The lowest BCUT2D eigenvalue weighted by molar-refractivity contribution is 0.223. The maximum atomic E-state index is 9.25. The molecule has 1 atom stereocenters. The molecule has 0 aromatic carbocycles. The second-order valence-corrected chi connectivity index (χ2v) is 3.82. The van der Waals surface area contributed by atoms with Gasteiger partial charge in [-0.25, -0.2) is 0 Å². The zero-order chi connectivity index (χ0) is 9.52. The van der Waals surface area contributed by atoms with Crippen molar-refractivity contribution >= 4 is 0 Å². The van der Waals surface area contributed by atoms with E-state index in [0.29, 0.717) is 0 Å². The molecule has 0 fully saturated rings. The molecule has 0 saturated carbocycles. The molecule has 1 nitrogen and oxygen atoms in total. The maximum absolute atomic E-state index is 9.25. The third kappa shape index (κ3) is 4.28. The SMILES string of the molecule is C=CCCCCCC1=CC(O)CC1. The van der Waals surface area contributed by atoms with Crippen LogP contribution in [0.1, 0.15) is 44.9 Å². The van der Waals surface area contributed by atoms with Gasteiger partial charge in [0.25, 0.3) is 0 Å². The number of hydrogen-bond acceptors (Lipinski definition) is 1. The largest absolute Gasteiger partial charge is 0.389 e. The first-order valence-electron chi connectivity index (χ1n) is 5.31. The van der Waals surface area contributed by atoms with E-state index in [9.17, 15) is 5.11 Å². The van der Waals surface area contributed by atoms with Gasteiger partial charge in [0.05, 0.1) is 6.10 Å². The van der Waals surface area contributed by atoms with Crippen LogP contribution in [0.15, 0.2) is 24.3 Å². The molecule has 1 aliphatic rings. The van der Waals surface area contributed by atoms with Crippen LogP contribution in [0.3, 0.4) is 0 Å². The van der Waals surface area contributed by atoms with Crippen LogP contribution in [0.5, 0.6) is 0 Å². The standard InChI is InChI=1S/C12H20O/c1-2-3-4-5-6-7-11-8-9-12(13)10-11/h2,10,12-13H,1,3-9H2. The van der Waals surface area contributed by atoms with Crippen molar-refractivity contribution in [3.8, 4) is 0 Å². The van der Waals surface area contributed by atoms with E-state index in [4.69, 9.17) is 0 Å². The number of rotatable bonds is 6. The predicted molar refractivity (Wildman–Crippen MR) is 56.6 cm³/mol. The first-order valence-corrected chi connectivity index (χ1v) is 5.31. The van der Waals surface area contributed by atoms with E-state index < -0.39 is 0 Å². The van der Waals surface area contributed by atoms with Crippen molar-refractivity contribution in [2.45, 2.75) is 51.0 Å². The fourth-order valence-electron chi connectivity index (χ4n) is 1.80. The quantitative estimate of drug-likeness (QED) is 0.491. The second-order valence-electron chi connectivity index (χ2n) is 3.82. The van der Waals surface area contributed by atoms with Crippen LogP contribution in [0.4, 0.5) is 0 Å². The zero-order valence-electron chi connectivity index (χ0n) is 8.34. The average Bonchev–Trinajstić information content (AvgIpc) is 2.51. The Morgan fingerprint density at radius 1 is 1.46 bits per heavy atom. The monoisotopic (exact) mass is 180 g/mol. The number of hydrogen-bond donors (Lipinski definition) is 1. The lowest BCUT2D eigenvalue weighted by Gasteiger charge is -2.00. The van der Waals surface area contributed by atoms with Crippen LogP contribution < -0.4 is 0 Å². The van der Waals surface area contributed by atoms with Crippen molar-refractivity contribution in [1.82, 2.24) is 0 Å². The molecule has 0 spiro atoms. The smallest absolute Gasteiger partial charge is 0.0726 e. The van der Waals surface area contributed by atoms with E-state index in [1.54, 1.807) is 0 Å². The highest BCUT2D eigenvalue weighted by molar-refractivity contribution is 5.11. The Morgan fingerprint density at radius 2 is 2.31 bits per heavy atom. The molecule has 1 rings (SSSR count). The van der Waals surface area contributed by atoms with E-state index >= 15 is 0 Å². The fraction of sp³-hybridized carbons (Fsp3) is 0.667. The van der Waals surface area contributed by atoms with Crippen molar-refractivity contribution in [1.29, 1.82) is 0 Å². The van der Waals surface area contributed by atoms with Crippen molar-refractivity contribution in [3.63, 3.8) is 0 Å². The van der Waals surface area contributed by atoms with Gasteiger partial charge in [-0.2, -0.15) is 0 Å². The summed E-state index contributed by atoms with van der Waals surface area (Å²) in [6.45, 7) is 3.70. The molecule has 0 amide bonds. The Hall–Kier alpha value is -0.560. The van der Waals surface area contributed by atoms with Crippen molar-refractivity contribution < 1.29 is 5.11 Å². The summed E-state index contributed by atoms with van der Waals surface area (Å²) in [5, 5.41) is 9.25. The van der Waals surface area contributed by atoms with E-state index in [0.717, 1.165) is 19.3 Å². The van der Waals surface area contributed by atoms with Gasteiger partial charge in [-0.3, -0.25) is 0 Å². The molecule has 0 aliphatic heterocycles. The Morgan fingerprint density at radius 3 is 2.92 bits per heavy atom. The number of allylic oxidation sites excluding steroid dienone is 2. The summed E-state index contributed by atoms with van der Waals surface area (Å²) in [4.78, 5) is 0. The van der Waals surface area contributed by atoms with Gasteiger partial charge in [-0.05, 0) is 38.5 Å². The highest BCUT2D eigenvalue weighted by Gasteiger charge is 2.11. The molecular formula is C12H20O. The summed E-state index contributed by atoms with van der Waals surface area (Å²) in [7, 11) is 0. The van der Waals surface area contributed by atoms with Gasteiger partial charge in [0, 0.05) is 0 Å². The lowest BCUT2D eigenvalue weighted by Crippen LogP contribution is -1.93. The molecule has 0 saturated heterocycles. The minimum Gasteiger partial charge on any atom is -0.389 e. The Labute approximate surface area is 81.2 Å². The Kier molecular flexibility index (Phi) is 4.84. The van der Waals surface area contributed by atoms with Gasteiger partial charge in [0.2, 0.25) is 0 Å². The molecule has 0 aromatic rings. The van der Waals surface area contributed by atoms with E-state index in [1.807, 2.05) is 12.2 Å². The van der Waals surface area contributed by atoms with Gasteiger partial charge in [0.15, 0.2) is 0 Å². The second kappa shape index (κ2) is 5.98. The molecule has 13 heavy (non-hydrogen) atoms. The lowest BCUT2D eigenvalue weighted by atomic mass is 10.1. The summed E-state index contributed by atoms with van der Waals surface area (Å²) >= 11 is 0. The molecular weight excluding hydrogens is 160 g/mol. The molecule has 74 valence electrons. The highest BCUT2D eigenvalue weighted by Crippen LogP contribution is 2.23. The van der Waals surface area contributed by atoms with Crippen molar-refractivity contribution in [3.05, 3.63) is 24.3 Å². The van der Waals surface area contributed by atoms with Crippen molar-refractivity contribution in [2.24, 2.45) is 0 Å². The van der Waals surface area contributed by atoms with Crippen LogP contribution in [-0.4, -0.2) is 11.2 Å². The zero-order valence-corrected chi connectivity index (χ0v) is 8.34. The predicted octanol–water partition coefficient (Wildman–Crippen LogP) is 3.20. The molecule has 1 aliphatic carbocycles. The molecule has 1 unspecified atom stereocenters. The summed E-state index contributed by atoms with van der Waals surface area (Å²) < 4.78 is 0. The fourth-order valence-corrected chi connectivity index (χ4v) is 1.80. The molecule has 1 N–H and O–H groups in total. The first kappa shape index (κ1) is 10.5. The summed E-state index contributed by atoms with van der Waals surface area (Å²) in [6.07, 6.45) is 12.1. The van der Waals surface area contributed by atoms with E-state index in [2.05, 4.69) is 6.58 Å². The molecule has 0 bridgehead atoms. The van der Waals surface area contributed by atoms with Gasteiger partial charge in [-0.15, -0.1) is 6.58 Å². The van der Waals surface area contributed by atoms with Crippen LogP contribution in [0.2, 0.25) is 0 Å². The third-order valence-electron chi connectivity index (χ3n) is 2.60. The maximum Gasteiger partial charge on any atom is 0.0726 e. The van der Waals surface area contributed by atoms with Crippen LogP contribution >= 0.6 is 0 Å². The Balaban J connectivity index is 2.00. The van der Waals surface area contributed by atoms with Crippen LogP contribution in [0, 0.1) is 0 Å². The van der Waals surface area contributed by atoms with E-state index in [-0.39, 0.29) is 6.10 Å². The number of unbranched alkanes of at least 4 members (excludes halogenated alkanes) is 3. The van der Waals surface area contributed by atoms with E-state index in [1.165, 1.54) is 31.3 Å². The minimum absolute atomic E-state index is 0.150. The van der Waals surface area contributed by atoms with Gasteiger partial charge >= 0.3 is 0 Å². The number of aliphatic hydroxyl groups is 1. The Bertz CT molecular complexity index is 182. The molecule has 0 radical (unpaired) electrons. The molecule has 0 heterocycles. The van der Waals surface area contributed by atoms with Crippen LogP contribution in [0.25, 0.3) is 0 Å². The third-order valence-corrected chi connectivity index (χ3v) is 2.60. The topological polar surface area (TPSA) is 20.2 Å². The van der Waals surface area contributed by atoms with Crippen LogP contribution in [-0.2, 0) is 0 Å². The van der Waals surface area contributed by atoms with Gasteiger partial charge < -0.3 is 5.11 Å².